The molecule has 0 radical (unpaired) electrons. The smallest absolute Gasteiger partial charge is 0.246 e. The number of carbonyl (C=O) groups excluding carboxylic acids is 2. The number of piperidine rings is 1. The summed E-state index contributed by atoms with van der Waals surface area (Å²) in [4.78, 5) is 30.3. The molecule has 2 amide bonds. The number of carbonyl (C=O) groups is 2. The van der Waals surface area contributed by atoms with E-state index >= 15 is 0 Å². The van der Waals surface area contributed by atoms with Crippen molar-refractivity contribution in [1.29, 1.82) is 0 Å². The minimum absolute atomic E-state index is 0.102. The molecule has 1 N–H and O–H groups in total. The molecule has 6 nitrogen and oxygen atoms in total. The van der Waals surface area contributed by atoms with Crippen LogP contribution in [0.25, 0.3) is 4.96 Å². The molecule has 7 heteroatoms. The van der Waals surface area contributed by atoms with Gasteiger partial charge in [0.15, 0.2) is 4.96 Å². The van der Waals surface area contributed by atoms with Crippen LogP contribution < -0.4 is 5.32 Å². The number of fused-ring (bicyclic) bond motifs is 1. The summed E-state index contributed by atoms with van der Waals surface area (Å²) in [5, 5.41) is 5.35. The van der Waals surface area contributed by atoms with Gasteiger partial charge < -0.3 is 5.32 Å². The monoisotopic (exact) mass is 306 g/mol. The average Bonchev–Trinajstić information content (AvgIpc) is 2.95. The number of amides is 2. The van der Waals surface area contributed by atoms with Crippen molar-refractivity contribution in [3.8, 4) is 0 Å². The predicted octanol–water partition coefficient (Wildman–Crippen LogP) is 1.25. The number of imidazole rings is 1. The van der Waals surface area contributed by atoms with E-state index in [2.05, 4.69) is 20.1 Å². The third-order valence-electron chi connectivity index (χ3n) is 4.00. The van der Waals surface area contributed by atoms with Crippen LogP contribution >= 0.6 is 11.3 Å². The van der Waals surface area contributed by atoms with E-state index in [1.807, 2.05) is 13.8 Å². The number of nitrogens with one attached hydrogen (secondary N) is 1. The predicted molar refractivity (Wildman–Crippen MR) is 80.2 cm³/mol. The minimum atomic E-state index is -0.295. The summed E-state index contributed by atoms with van der Waals surface area (Å²) < 4.78 is 2.12. The van der Waals surface area contributed by atoms with E-state index in [4.69, 9.17) is 0 Å². The minimum Gasteiger partial charge on any atom is -0.300 e. The first-order valence-electron chi connectivity index (χ1n) is 6.95. The van der Waals surface area contributed by atoms with Crippen molar-refractivity contribution in [3.05, 3.63) is 22.5 Å². The van der Waals surface area contributed by atoms with Crippen molar-refractivity contribution >= 4 is 28.1 Å². The maximum absolute atomic E-state index is 12.1. The largest absolute Gasteiger partial charge is 0.300 e. The first-order chi connectivity index (χ1) is 9.99. The molecule has 1 atom stereocenters. The Labute approximate surface area is 126 Å². The van der Waals surface area contributed by atoms with Gasteiger partial charge in [-0.05, 0) is 20.3 Å². The molecule has 2 aromatic heterocycles. The topological polar surface area (TPSA) is 66.7 Å². The van der Waals surface area contributed by atoms with Crippen LogP contribution in [0.3, 0.4) is 0 Å². The molecule has 1 fully saturated rings. The number of aromatic nitrogens is 2. The van der Waals surface area contributed by atoms with E-state index < -0.39 is 0 Å². The summed E-state index contributed by atoms with van der Waals surface area (Å²) in [6.07, 6.45) is 0.976. The summed E-state index contributed by atoms with van der Waals surface area (Å²) in [7, 11) is 1.55. The maximum atomic E-state index is 12.1. The molecule has 112 valence electrons. The Bertz CT molecular complexity index is 718. The first kappa shape index (κ1) is 14.2. The Hall–Kier alpha value is -1.73. The molecule has 0 spiro atoms. The van der Waals surface area contributed by atoms with Gasteiger partial charge in [0.1, 0.15) is 0 Å². The van der Waals surface area contributed by atoms with Gasteiger partial charge >= 0.3 is 0 Å². The molecule has 1 saturated heterocycles. The molecule has 1 aliphatic rings. The fourth-order valence-corrected chi connectivity index (χ4v) is 3.63. The summed E-state index contributed by atoms with van der Waals surface area (Å²) in [5.74, 6) is -0.249. The van der Waals surface area contributed by atoms with Gasteiger partial charge in [-0.25, -0.2) is 4.98 Å². The molecular formula is C14H18N4O2S. The highest BCUT2D eigenvalue weighted by molar-refractivity contribution is 7.15. The highest BCUT2D eigenvalue weighted by Gasteiger charge is 2.31. The lowest BCUT2D eigenvalue weighted by Crippen LogP contribution is -2.51. The zero-order chi connectivity index (χ0) is 15.1. The van der Waals surface area contributed by atoms with Gasteiger partial charge in [-0.1, -0.05) is 0 Å². The number of thiazole rings is 1. The van der Waals surface area contributed by atoms with Gasteiger partial charge in [-0.15, -0.1) is 11.3 Å². The Balaban J connectivity index is 1.78. The third kappa shape index (κ3) is 2.36. The Morgan fingerprint density at radius 1 is 1.43 bits per heavy atom. The highest BCUT2D eigenvalue weighted by atomic mass is 32.1. The van der Waals surface area contributed by atoms with Crippen molar-refractivity contribution in [2.24, 2.45) is 0 Å². The van der Waals surface area contributed by atoms with Gasteiger partial charge in [0.05, 0.1) is 17.4 Å². The number of likely N-dealkylation sites (N-methyl/N-ethyl adjacent to an activating group) is 1. The lowest BCUT2D eigenvalue weighted by atomic mass is 10.0. The van der Waals surface area contributed by atoms with Crippen LogP contribution in [-0.2, 0) is 16.1 Å². The Morgan fingerprint density at radius 2 is 2.19 bits per heavy atom. The number of aryl methyl sites for hydroxylation is 2. The van der Waals surface area contributed by atoms with E-state index in [0.29, 0.717) is 19.4 Å². The Kier molecular flexibility index (Phi) is 3.54. The number of hydrogen-bond acceptors (Lipinski definition) is 5. The normalized spacial score (nSPS) is 19.8. The number of imide groups is 1. The van der Waals surface area contributed by atoms with Crippen LogP contribution in [0.4, 0.5) is 0 Å². The second kappa shape index (κ2) is 5.23. The number of likely N-dealkylation sites (tertiary alicyclic amines) is 1. The fraction of sp³-hybridized carbons (Fsp3) is 0.500. The van der Waals surface area contributed by atoms with Gasteiger partial charge in [-0.3, -0.25) is 18.9 Å². The summed E-state index contributed by atoms with van der Waals surface area (Å²) >= 11 is 1.62. The molecule has 0 saturated carbocycles. The van der Waals surface area contributed by atoms with Crippen LogP contribution in [-0.4, -0.2) is 39.2 Å². The van der Waals surface area contributed by atoms with E-state index in [9.17, 15) is 9.59 Å². The van der Waals surface area contributed by atoms with Crippen LogP contribution in [0, 0.1) is 13.8 Å². The van der Waals surface area contributed by atoms with Gasteiger partial charge in [0.2, 0.25) is 11.8 Å². The molecule has 3 heterocycles. The lowest BCUT2D eigenvalue weighted by molar-refractivity contribution is -0.148. The van der Waals surface area contributed by atoms with Crippen molar-refractivity contribution < 1.29 is 9.59 Å². The molecular weight excluding hydrogens is 288 g/mol. The molecule has 0 aromatic carbocycles. The molecule has 1 aliphatic heterocycles. The standard InChI is InChI=1S/C14H18N4O2S/c1-8-7-21-14-16-9(2)11(18(8)14)6-15-10-4-5-12(19)17(3)13(10)20/h7,10,15H,4-6H2,1-3H3. The van der Waals surface area contributed by atoms with Crippen LogP contribution in [0.1, 0.15) is 29.9 Å². The number of rotatable bonds is 3. The summed E-state index contributed by atoms with van der Waals surface area (Å²) in [6.45, 7) is 4.60. The zero-order valence-electron chi connectivity index (χ0n) is 12.3. The highest BCUT2D eigenvalue weighted by Crippen LogP contribution is 2.21. The van der Waals surface area contributed by atoms with Crippen LogP contribution in [0.15, 0.2) is 5.38 Å². The molecule has 0 bridgehead atoms. The Morgan fingerprint density at radius 3 is 2.95 bits per heavy atom. The quantitative estimate of drug-likeness (QED) is 0.867. The number of nitrogens with zero attached hydrogens (tertiary/aromatic N) is 3. The van der Waals surface area contributed by atoms with Gasteiger partial charge in [-0.2, -0.15) is 0 Å². The second-order valence-electron chi connectivity index (χ2n) is 5.40. The van der Waals surface area contributed by atoms with E-state index in [1.54, 1.807) is 18.4 Å². The molecule has 2 aromatic rings. The third-order valence-corrected chi connectivity index (χ3v) is 4.94. The van der Waals surface area contributed by atoms with Gasteiger partial charge in [0, 0.05) is 31.1 Å². The van der Waals surface area contributed by atoms with E-state index in [0.717, 1.165) is 22.0 Å². The summed E-state index contributed by atoms with van der Waals surface area (Å²) in [6, 6.07) is -0.295. The fourth-order valence-electron chi connectivity index (χ4n) is 2.70. The van der Waals surface area contributed by atoms with Crippen molar-refractivity contribution in [2.75, 3.05) is 7.05 Å². The number of hydrogen-bond donors (Lipinski definition) is 1. The van der Waals surface area contributed by atoms with Crippen LogP contribution in [0.5, 0.6) is 0 Å². The van der Waals surface area contributed by atoms with Crippen molar-refractivity contribution in [1.82, 2.24) is 19.6 Å². The van der Waals surface area contributed by atoms with Crippen LogP contribution in [0.2, 0.25) is 0 Å². The van der Waals surface area contributed by atoms with E-state index in [-0.39, 0.29) is 17.9 Å². The molecule has 1 unspecified atom stereocenters. The van der Waals surface area contributed by atoms with Crippen molar-refractivity contribution in [3.63, 3.8) is 0 Å². The van der Waals surface area contributed by atoms with Crippen molar-refractivity contribution in [2.45, 2.75) is 39.3 Å². The second-order valence-corrected chi connectivity index (χ2v) is 6.24. The summed E-state index contributed by atoms with van der Waals surface area (Å²) in [5.41, 5.74) is 3.20. The van der Waals surface area contributed by atoms with E-state index in [1.165, 1.54) is 4.90 Å². The molecule has 0 aliphatic carbocycles. The lowest BCUT2D eigenvalue weighted by Gasteiger charge is -2.28. The molecule has 21 heavy (non-hydrogen) atoms. The molecule has 3 rings (SSSR count). The zero-order valence-corrected chi connectivity index (χ0v) is 13.2. The van der Waals surface area contributed by atoms with Gasteiger partial charge in [0.25, 0.3) is 0 Å². The maximum Gasteiger partial charge on any atom is 0.246 e. The first-order valence-corrected chi connectivity index (χ1v) is 7.83. The SMILES string of the molecule is Cc1nc2scc(C)n2c1CNC1CCC(=O)N(C)C1=O. The average molecular weight is 306 g/mol.